The van der Waals surface area contributed by atoms with Crippen molar-refractivity contribution in [1.29, 1.82) is 0 Å². The largest absolute Gasteiger partial charge is 0.493 e. The Balaban J connectivity index is 2.72. The lowest BCUT2D eigenvalue weighted by Gasteiger charge is -2.15. The second-order valence-electron chi connectivity index (χ2n) is 4.20. The van der Waals surface area contributed by atoms with Gasteiger partial charge in [0.1, 0.15) is 10.3 Å². The van der Waals surface area contributed by atoms with Gasteiger partial charge in [0, 0.05) is 0 Å². The molecule has 21 heavy (non-hydrogen) atoms. The molecule has 2 rings (SSSR count). The fraction of sp³-hybridized carbons (Fsp3) is 0.286. The molecule has 6 nitrogen and oxygen atoms in total. The number of nitrogens with zero attached hydrogens (tertiary/aromatic N) is 1. The minimum absolute atomic E-state index is 0.255. The predicted molar refractivity (Wildman–Crippen MR) is 82.4 cm³/mol. The quantitative estimate of drug-likeness (QED) is 0.913. The lowest BCUT2D eigenvalue weighted by Crippen LogP contribution is -2.12. The Morgan fingerprint density at radius 2 is 1.76 bits per heavy atom. The number of methoxy groups -OCH3 is 3. The Labute approximate surface area is 130 Å². The molecule has 0 saturated heterocycles. The summed E-state index contributed by atoms with van der Waals surface area (Å²) in [5.74, 6) is 1.83. The second kappa shape index (κ2) is 6.17. The van der Waals surface area contributed by atoms with Crippen LogP contribution in [-0.4, -0.2) is 31.3 Å². The van der Waals surface area contributed by atoms with Crippen LogP contribution < -0.4 is 19.8 Å². The average molecular weight is 355 g/mol. The zero-order valence-corrected chi connectivity index (χ0v) is 13.7. The van der Waals surface area contributed by atoms with Gasteiger partial charge in [-0.1, -0.05) is 0 Å². The average Bonchev–Trinajstić information content (AvgIpc) is 2.50. The van der Waals surface area contributed by atoms with E-state index in [1.54, 1.807) is 26.2 Å². The third-order valence-corrected chi connectivity index (χ3v) is 3.92. The molecule has 0 spiro atoms. The number of hydrogen-bond donors (Lipinski definition) is 1. The molecule has 1 N–H and O–H groups in total. The lowest BCUT2D eigenvalue weighted by atomic mass is 10.1. The highest BCUT2D eigenvalue weighted by Gasteiger charge is 2.19. The first-order valence-electron chi connectivity index (χ1n) is 6.09. The molecule has 0 atom stereocenters. The molecule has 0 fully saturated rings. The zero-order chi connectivity index (χ0) is 15.6. The third kappa shape index (κ3) is 2.73. The minimum Gasteiger partial charge on any atom is -0.493 e. The minimum atomic E-state index is -0.255. The second-order valence-corrected chi connectivity index (χ2v) is 4.99. The van der Waals surface area contributed by atoms with Gasteiger partial charge < -0.3 is 19.2 Å². The summed E-state index contributed by atoms with van der Waals surface area (Å²) in [6.07, 6.45) is 0. The van der Waals surface area contributed by atoms with Crippen molar-refractivity contribution in [2.45, 2.75) is 6.92 Å². The number of H-pyrrole nitrogens is 1. The highest BCUT2D eigenvalue weighted by atomic mass is 79.9. The summed E-state index contributed by atoms with van der Waals surface area (Å²) in [6.45, 7) is 1.75. The van der Waals surface area contributed by atoms with Crippen molar-refractivity contribution < 1.29 is 14.2 Å². The molecular formula is C14H15BrN2O4. The van der Waals surface area contributed by atoms with E-state index in [0.29, 0.717) is 38.8 Å². The van der Waals surface area contributed by atoms with Crippen molar-refractivity contribution in [3.05, 3.63) is 32.7 Å². The fourth-order valence-electron chi connectivity index (χ4n) is 1.99. The molecule has 0 aliphatic heterocycles. The van der Waals surface area contributed by atoms with Gasteiger partial charge >= 0.3 is 0 Å². The van der Waals surface area contributed by atoms with E-state index in [-0.39, 0.29) is 5.56 Å². The number of aromatic nitrogens is 2. The highest BCUT2D eigenvalue weighted by Crippen LogP contribution is 2.43. The fourth-order valence-corrected chi connectivity index (χ4v) is 2.17. The summed E-state index contributed by atoms with van der Waals surface area (Å²) in [5.41, 5.74) is 0.947. The monoisotopic (exact) mass is 354 g/mol. The van der Waals surface area contributed by atoms with Crippen LogP contribution in [0.3, 0.4) is 0 Å². The van der Waals surface area contributed by atoms with Crippen LogP contribution in [-0.2, 0) is 0 Å². The van der Waals surface area contributed by atoms with E-state index < -0.39 is 0 Å². The van der Waals surface area contributed by atoms with E-state index in [1.165, 1.54) is 14.2 Å². The van der Waals surface area contributed by atoms with E-state index in [4.69, 9.17) is 14.2 Å². The van der Waals surface area contributed by atoms with E-state index >= 15 is 0 Å². The molecule has 0 amide bonds. The van der Waals surface area contributed by atoms with Gasteiger partial charge in [-0.25, -0.2) is 4.98 Å². The Kier molecular flexibility index (Phi) is 4.52. The maximum Gasteiger partial charge on any atom is 0.265 e. The molecule has 7 heteroatoms. The zero-order valence-electron chi connectivity index (χ0n) is 12.1. The maximum absolute atomic E-state index is 11.9. The molecule has 112 valence electrons. The maximum atomic E-state index is 11.9. The standard InChI is InChI=1S/C14H15BrN2O4/c1-7-10(15)14(18)17-13(16-7)8-5-6-9(19-2)12(21-4)11(8)20-3/h5-6H,1-4H3,(H,16,17,18). The summed E-state index contributed by atoms with van der Waals surface area (Å²) in [5, 5.41) is 0. The van der Waals surface area contributed by atoms with Gasteiger partial charge in [0.2, 0.25) is 5.75 Å². The third-order valence-electron chi connectivity index (χ3n) is 2.99. The Morgan fingerprint density at radius 1 is 1.10 bits per heavy atom. The van der Waals surface area contributed by atoms with Gasteiger partial charge in [0.25, 0.3) is 5.56 Å². The van der Waals surface area contributed by atoms with Crippen LogP contribution in [0.1, 0.15) is 5.69 Å². The SMILES string of the molecule is COc1ccc(-c2nc(C)c(Br)c(=O)[nH]2)c(OC)c1OC. The molecule has 0 aliphatic carbocycles. The topological polar surface area (TPSA) is 73.4 Å². The van der Waals surface area contributed by atoms with Crippen LogP contribution in [0.4, 0.5) is 0 Å². The van der Waals surface area contributed by atoms with Crippen LogP contribution in [0.2, 0.25) is 0 Å². The van der Waals surface area contributed by atoms with E-state index in [9.17, 15) is 4.79 Å². The molecular weight excluding hydrogens is 340 g/mol. The predicted octanol–water partition coefficient (Wildman–Crippen LogP) is 2.53. The molecule has 2 aromatic rings. The van der Waals surface area contributed by atoms with Crippen LogP contribution in [0.15, 0.2) is 21.4 Å². The Bertz CT molecular complexity index is 728. The molecule has 0 unspecified atom stereocenters. The first-order valence-corrected chi connectivity index (χ1v) is 6.88. The summed E-state index contributed by atoms with van der Waals surface area (Å²) >= 11 is 3.19. The number of aryl methyl sites for hydroxylation is 1. The van der Waals surface area contributed by atoms with Crippen LogP contribution in [0, 0.1) is 6.92 Å². The summed E-state index contributed by atoms with van der Waals surface area (Å²) in [7, 11) is 4.58. The number of rotatable bonds is 4. The van der Waals surface area contributed by atoms with Crippen molar-refractivity contribution in [2.24, 2.45) is 0 Å². The van der Waals surface area contributed by atoms with Gasteiger partial charge in [-0.05, 0) is 35.0 Å². The van der Waals surface area contributed by atoms with Crippen molar-refractivity contribution in [1.82, 2.24) is 9.97 Å². The number of nitrogens with one attached hydrogen (secondary N) is 1. The van der Waals surface area contributed by atoms with Crippen LogP contribution in [0.25, 0.3) is 11.4 Å². The van der Waals surface area contributed by atoms with Gasteiger partial charge in [-0.3, -0.25) is 4.79 Å². The van der Waals surface area contributed by atoms with E-state index in [1.807, 2.05) is 0 Å². The number of benzene rings is 1. The Morgan fingerprint density at radius 3 is 2.29 bits per heavy atom. The molecule has 1 heterocycles. The number of ether oxygens (including phenoxy) is 3. The molecule has 0 bridgehead atoms. The Hall–Kier alpha value is -2.02. The smallest absolute Gasteiger partial charge is 0.265 e. The normalized spacial score (nSPS) is 10.3. The summed E-state index contributed by atoms with van der Waals surface area (Å²) < 4.78 is 16.4. The van der Waals surface area contributed by atoms with Crippen molar-refractivity contribution in [3.8, 4) is 28.6 Å². The molecule has 0 saturated carbocycles. The number of hydrogen-bond acceptors (Lipinski definition) is 5. The molecule has 1 aromatic heterocycles. The summed E-state index contributed by atoms with van der Waals surface area (Å²) in [4.78, 5) is 18.9. The van der Waals surface area contributed by atoms with Gasteiger partial charge in [-0.15, -0.1) is 0 Å². The number of halogens is 1. The number of aromatic amines is 1. The molecule has 1 aromatic carbocycles. The molecule has 0 aliphatic rings. The molecule has 0 radical (unpaired) electrons. The van der Waals surface area contributed by atoms with E-state index in [0.717, 1.165) is 0 Å². The van der Waals surface area contributed by atoms with Crippen molar-refractivity contribution in [2.75, 3.05) is 21.3 Å². The van der Waals surface area contributed by atoms with Gasteiger partial charge in [0.05, 0.1) is 32.6 Å². The van der Waals surface area contributed by atoms with Crippen LogP contribution >= 0.6 is 15.9 Å². The summed E-state index contributed by atoms with van der Waals surface area (Å²) in [6, 6.07) is 3.49. The van der Waals surface area contributed by atoms with Crippen molar-refractivity contribution in [3.63, 3.8) is 0 Å². The van der Waals surface area contributed by atoms with Crippen molar-refractivity contribution >= 4 is 15.9 Å². The first-order chi connectivity index (χ1) is 10.0. The van der Waals surface area contributed by atoms with Crippen LogP contribution in [0.5, 0.6) is 17.2 Å². The lowest BCUT2D eigenvalue weighted by molar-refractivity contribution is 0.325. The highest BCUT2D eigenvalue weighted by molar-refractivity contribution is 9.10. The first kappa shape index (κ1) is 15.4. The van der Waals surface area contributed by atoms with E-state index in [2.05, 4.69) is 25.9 Å². The van der Waals surface area contributed by atoms with Gasteiger partial charge in [0.15, 0.2) is 11.5 Å². The van der Waals surface area contributed by atoms with Gasteiger partial charge in [-0.2, -0.15) is 0 Å².